The Morgan fingerprint density at radius 1 is 0.871 bits per heavy atom. The maximum absolute atomic E-state index is 12.5. The van der Waals surface area contributed by atoms with Gasteiger partial charge >= 0.3 is 6.09 Å². The second-order valence-corrected chi connectivity index (χ2v) is 7.50. The van der Waals surface area contributed by atoms with E-state index in [9.17, 15) is 4.79 Å². The van der Waals surface area contributed by atoms with Gasteiger partial charge in [-0.15, -0.1) is 0 Å². The van der Waals surface area contributed by atoms with Gasteiger partial charge in [-0.05, 0) is 17.5 Å². The summed E-state index contributed by atoms with van der Waals surface area (Å²) in [6.07, 6.45) is 0.734. The van der Waals surface area contributed by atoms with E-state index in [0.29, 0.717) is 32.0 Å². The first kappa shape index (κ1) is 22.7. The van der Waals surface area contributed by atoms with Gasteiger partial charge in [0.05, 0.1) is 26.9 Å². The summed E-state index contributed by atoms with van der Waals surface area (Å²) < 4.78 is 21.9. The van der Waals surface area contributed by atoms with Crippen molar-refractivity contribution in [3.63, 3.8) is 0 Å². The number of carbonyl (C=O) groups is 1. The summed E-state index contributed by atoms with van der Waals surface area (Å²) in [4.78, 5) is 16.5. The van der Waals surface area contributed by atoms with E-state index >= 15 is 0 Å². The molecule has 0 N–H and O–H groups in total. The number of nitrogens with zero attached hydrogens (tertiary/aromatic N) is 2. The molecule has 0 spiro atoms. The number of methoxy groups -OCH3 is 3. The lowest BCUT2D eigenvalue weighted by Gasteiger charge is -2.34. The lowest BCUT2D eigenvalue weighted by Crippen LogP contribution is -2.48. The standard InChI is InChI=1S/C24H32N2O5/c1-5-18-6-8-19(9-7-18)17-31-24(27)26-12-10-25(11-13-26)16-21-22(29-3)14-20(28-2)15-23(21)30-4/h6-9,14-15H,5,10-13,16-17H2,1-4H3. The van der Waals surface area contributed by atoms with Crippen molar-refractivity contribution in [3.8, 4) is 17.2 Å². The number of hydrogen-bond acceptors (Lipinski definition) is 6. The number of piperazine rings is 1. The second-order valence-electron chi connectivity index (χ2n) is 7.50. The number of ether oxygens (including phenoxy) is 4. The first-order chi connectivity index (χ1) is 15.1. The zero-order chi connectivity index (χ0) is 22.2. The van der Waals surface area contributed by atoms with Gasteiger partial charge in [0, 0.05) is 44.9 Å². The third-order valence-electron chi connectivity index (χ3n) is 5.62. The van der Waals surface area contributed by atoms with E-state index in [1.54, 1.807) is 26.2 Å². The van der Waals surface area contributed by atoms with Gasteiger partial charge < -0.3 is 23.8 Å². The van der Waals surface area contributed by atoms with Crippen LogP contribution in [-0.2, 0) is 24.3 Å². The highest BCUT2D eigenvalue weighted by atomic mass is 16.6. The molecule has 1 fully saturated rings. The van der Waals surface area contributed by atoms with Crippen molar-refractivity contribution in [1.29, 1.82) is 0 Å². The van der Waals surface area contributed by atoms with Crippen LogP contribution in [0.25, 0.3) is 0 Å². The van der Waals surface area contributed by atoms with Gasteiger partial charge in [0.2, 0.25) is 0 Å². The smallest absolute Gasteiger partial charge is 0.410 e. The molecular formula is C24H32N2O5. The normalized spacial score (nSPS) is 14.3. The number of rotatable bonds is 8. The van der Waals surface area contributed by atoms with Gasteiger partial charge in [0.15, 0.2) is 0 Å². The third kappa shape index (κ3) is 5.82. The van der Waals surface area contributed by atoms with Gasteiger partial charge in [-0.3, -0.25) is 4.90 Å². The molecule has 1 amide bonds. The summed E-state index contributed by atoms with van der Waals surface area (Å²) in [5.41, 5.74) is 3.25. The molecule has 31 heavy (non-hydrogen) atoms. The number of hydrogen-bond donors (Lipinski definition) is 0. The van der Waals surface area contributed by atoms with Crippen LogP contribution in [0.2, 0.25) is 0 Å². The Morgan fingerprint density at radius 3 is 1.97 bits per heavy atom. The summed E-state index contributed by atoms with van der Waals surface area (Å²) >= 11 is 0. The van der Waals surface area contributed by atoms with Crippen molar-refractivity contribution < 1.29 is 23.7 Å². The van der Waals surface area contributed by atoms with Crippen LogP contribution in [0.3, 0.4) is 0 Å². The molecule has 1 aliphatic heterocycles. The Labute approximate surface area is 184 Å². The molecule has 168 valence electrons. The topological polar surface area (TPSA) is 60.5 Å². The molecule has 7 nitrogen and oxygen atoms in total. The Hall–Kier alpha value is -2.93. The quantitative estimate of drug-likeness (QED) is 0.639. The Kier molecular flexibility index (Phi) is 8.00. The molecule has 0 saturated carbocycles. The second kappa shape index (κ2) is 10.9. The van der Waals surface area contributed by atoms with Crippen molar-refractivity contribution in [2.24, 2.45) is 0 Å². The molecule has 0 aliphatic carbocycles. The number of benzene rings is 2. The molecule has 0 bridgehead atoms. The minimum Gasteiger partial charge on any atom is -0.496 e. The maximum atomic E-state index is 12.5. The van der Waals surface area contributed by atoms with E-state index in [1.807, 2.05) is 24.3 Å². The monoisotopic (exact) mass is 428 g/mol. The van der Waals surface area contributed by atoms with Crippen molar-refractivity contribution in [2.75, 3.05) is 47.5 Å². The van der Waals surface area contributed by atoms with E-state index in [1.165, 1.54) is 5.56 Å². The van der Waals surface area contributed by atoms with Gasteiger partial charge in [-0.2, -0.15) is 0 Å². The molecule has 0 atom stereocenters. The van der Waals surface area contributed by atoms with E-state index in [0.717, 1.165) is 42.1 Å². The zero-order valence-corrected chi connectivity index (χ0v) is 18.8. The van der Waals surface area contributed by atoms with Crippen molar-refractivity contribution in [3.05, 3.63) is 53.1 Å². The fourth-order valence-electron chi connectivity index (χ4n) is 3.65. The minimum absolute atomic E-state index is 0.265. The van der Waals surface area contributed by atoms with Crippen LogP contribution >= 0.6 is 0 Å². The van der Waals surface area contributed by atoms with Gasteiger partial charge in [0.1, 0.15) is 23.9 Å². The van der Waals surface area contributed by atoms with Crippen LogP contribution in [0, 0.1) is 0 Å². The molecule has 0 aromatic heterocycles. The lowest BCUT2D eigenvalue weighted by atomic mass is 10.1. The molecule has 7 heteroatoms. The van der Waals surface area contributed by atoms with Crippen molar-refractivity contribution >= 4 is 6.09 Å². The molecule has 1 heterocycles. The van der Waals surface area contributed by atoms with Gasteiger partial charge in [-0.1, -0.05) is 31.2 Å². The average molecular weight is 429 g/mol. The molecule has 1 saturated heterocycles. The highest BCUT2D eigenvalue weighted by Crippen LogP contribution is 2.35. The van der Waals surface area contributed by atoms with E-state index < -0.39 is 0 Å². The summed E-state index contributed by atoms with van der Waals surface area (Å²) in [5, 5.41) is 0. The zero-order valence-electron chi connectivity index (χ0n) is 18.8. The SMILES string of the molecule is CCc1ccc(COC(=O)N2CCN(Cc3c(OC)cc(OC)cc3OC)CC2)cc1. The highest BCUT2D eigenvalue weighted by molar-refractivity contribution is 5.67. The third-order valence-corrected chi connectivity index (χ3v) is 5.62. The Morgan fingerprint density at radius 2 is 1.45 bits per heavy atom. The van der Waals surface area contributed by atoms with E-state index in [-0.39, 0.29) is 6.09 Å². The first-order valence-corrected chi connectivity index (χ1v) is 10.6. The summed E-state index contributed by atoms with van der Waals surface area (Å²) in [6.45, 7) is 5.82. The average Bonchev–Trinajstić information content (AvgIpc) is 2.83. The van der Waals surface area contributed by atoms with Crippen LogP contribution in [0.15, 0.2) is 36.4 Å². The summed E-state index contributed by atoms with van der Waals surface area (Å²) in [7, 11) is 4.90. The highest BCUT2D eigenvalue weighted by Gasteiger charge is 2.24. The lowest BCUT2D eigenvalue weighted by molar-refractivity contribution is 0.0696. The molecule has 0 radical (unpaired) electrons. The molecule has 2 aromatic carbocycles. The van der Waals surface area contributed by atoms with E-state index in [4.69, 9.17) is 18.9 Å². The van der Waals surface area contributed by atoms with Crippen LogP contribution < -0.4 is 14.2 Å². The summed E-state index contributed by atoms with van der Waals surface area (Å²) in [5.74, 6) is 2.15. The molecule has 3 rings (SSSR count). The van der Waals surface area contributed by atoms with Gasteiger partial charge in [-0.25, -0.2) is 4.79 Å². The maximum Gasteiger partial charge on any atom is 0.410 e. The Bertz CT molecular complexity index is 836. The molecular weight excluding hydrogens is 396 g/mol. The number of amides is 1. The van der Waals surface area contributed by atoms with Crippen LogP contribution in [0.5, 0.6) is 17.2 Å². The first-order valence-electron chi connectivity index (χ1n) is 10.6. The predicted molar refractivity (Wildman–Crippen MR) is 119 cm³/mol. The predicted octanol–water partition coefficient (Wildman–Crippen LogP) is 3.73. The molecule has 2 aromatic rings. The minimum atomic E-state index is -0.265. The largest absolute Gasteiger partial charge is 0.496 e. The van der Waals surface area contributed by atoms with Crippen molar-refractivity contribution in [1.82, 2.24) is 9.80 Å². The molecule has 1 aliphatic rings. The number of aryl methyl sites for hydroxylation is 1. The van der Waals surface area contributed by atoms with Crippen LogP contribution in [-0.4, -0.2) is 63.4 Å². The molecule has 0 unspecified atom stereocenters. The van der Waals surface area contributed by atoms with E-state index in [2.05, 4.69) is 24.0 Å². The van der Waals surface area contributed by atoms with Crippen molar-refractivity contribution in [2.45, 2.75) is 26.5 Å². The number of carbonyl (C=O) groups excluding carboxylic acids is 1. The fraction of sp³-hybridized carbons (Fsp3) is 0.458. The Balaban J connectivity index is 1.53. The van der Waals surface area contributed by atoms with Crippen LogP contribution in [0.4, 0.5) is 4.79 Å². The van der Waals surface area contributed by atoms with Crippen LogP contribution in [0.1, 0.15) is 23.6 Å². The van der Waals surface area contributed by atoms with Gasteiger partial charge in [0.25, 0.3) is 0 Å². The summed E-state index contributed by atoms with van der Waals surface area (Å²) in [6, 6.07) is 11.9. The fourth-order valence-corrected chi connectivity index (χ4v) is 3.65.